The number of rotatable bonds is 0. The number of nitrogens with two attached hydrogens (primary N) is 1. The van der Waals surface area contributed by atoms with E-state index >= 15 is 0 Å². The van der Waals surface area contributed by atoms with E-state index in [-0.39, 0.29) is 0 Å². The van der Waals surface area contributed by atoms with Gasteiger partial charge in [0.25, 0.3) is 0 Å². The summed E-state index contributed by atoms with van der Waals surface area (Å²) < 4.78 is 0. The van der Waals surface area contributed by atoms with E-state index in [0.29, 0.717) is 6.04 Å². The van der Waals surface area contributed by atoms with Gasteiger partial charge in [0, 0.05) is 18.2 Å². The van der Waals surface area contributed by atoms with Crippen LogP contribution in [0.2, 0.25) is 0 Å². The Morgan fingerprint density at radius 2 is 2.60 bits per heavy atom. The molecule has 0 radical (unpaired) electrons. The molecule has 0 aliphatic heterocycles. The lowest BCUT2D eigenvalue weighted by atomic mass is 9.95. The number of fused-ring (bicyclic) bond motifs is 1. The molecular weight excluding hydrogens is 126 g/mol. The van der Waals surface area contributed by atoms with Gasteiger partial charge < -0.3 is 5.73 Å². The lowest BCUT2D eigenvalue weighted by Crippen LogP contribution is -2.27. The van der Waals surface area contributed by atoms with Crippen LogP contribution in [0.15, 0.2) is 6.20 Å². The summed E-state index contributed by atoms with van der Waals surface area (Å²) in [5.41, 5.74) is 8.34. The van der Waals surface area contributed by atoms with Crippen LogP contribution in [-0.2, 0) is 12.8 Å². The Labute approximate surface area is 59.6 Å². The van der Waals surface area contributed by atoms with Crippen LogP contribution >= 0.6 is 0 Å². The summed E-state index contributed by atoms with van der Waals surface area (Å²) in [5, 5.41) is 6.92. The first-order valence-corrected chi connectivity index (χ1v) is 3.63. The molecule has 1 aliphatic rings. The average molecular weight is 137 g/mol. The van der Waals surface area contributed by atoms with E-state index < -0.39 is 0 Å². The zero-order valence-electron chi connectivity index (χ0n) is 5.80. The minimum Gasteiger partial charge on any atom is -0.327 e. The minimum absolute atomic E-state index is 0.341. The molecule has 1 atom stereocenters. The van der Waals surface area contributed by atoms with Gasteiger partial charge in [-0.25, -0.2) is 0 Å². The highest BCUT2D eigenvalue weighted by Gasteiger charge is 2.15. The van der Waals surface area contributed by atoms with E-state index in [2.05, 4.69) is 10.2 Å². The van der Waals surface area contributed by atoms with Crippen molar-refractivity contribution in [2.24, 2.45) is 5.73 Å². The van der Waals surface area contributed by atoms with E-state index in [0.717, 1.165) is 19.3 Å². The molecule has 1 aliphatic carbocycles. The van der Waals surface area contributed by atoms with Crippen LogP contribution in [0.3, 0.4) is 0 Å². The maximum absolute atomic E-state index is 5.76. The molecule has 0 aromatic carbocycles. The summed E-state index contributed by atoms with van der Waals surface area (Å²) in [6.45, 7) is 0. The standard InChI is InChI=1S/C7H11N3/c8-6-2-1-5-4-9-10-7(5)3-6/h4,6H,1-3,8H2,(H,9,10)/t6-/m0/s1. The smallest absolute Gasteiger partial charge is 0.0522 e. The molecule has 0 fully saturated rings. The Morgan fingerprint density at radius 3 is 3.50 bits per heavy atom. The first kappa shape index (κ1) is 5.92. The van der Waals surface area contributed by atoms with Gasteiger partial charge in [-0.15, -0.1) is 0 Å². The Kier molecular flexibility index (Phi) is 1.24. The molecular formula is C7H11N3. The zero-order chi connectivity index (χ0) is 6.97. The van der Waals surface area contributed by atoms with E-state index in [1.165, 1.54) is 11.3 Å². The maximum atomic E-state index is 5.76. The number of aromatic amines is 1. The van der Waals surface area contributed by atoms with Crippen LogP contribution in [0.5, 0.6) is 0 Å². The van der Waals surface area contributed by atoms with Crippen LogP contribution in [0.25, 0.3) is 0 Å². The largest absolute Gasteiger partial charge is 0.327 e. The molecule has 3 nitrogen and oxygen atoms in total. The summed E-state index contributed by atoms with van der Waals surface area (Å²) in [7, 11) is 0. The number of nitrogens with one attached hydrogen (secondary N) is 1. The first-order valence-electron chi connectivity index (χ1n) is 3.63. The molecule has 0 bridgehead atoms. The van der Waals surface area contributed by atoms with Crippen molar-refractivity contribution < 1.29 is 0 Å². The van der Waals surface area contributed by atoms with Gasteiger partial charge in [0.2, 0.25) is 0 Å². The monoisotopic (exact) mass is 137 g/mol. The van der Waals surface area contributed by atoms with Gasteiger partial charge in [0.15, 0.2) is 0 Å². The van der Waals surface area contributed by atoms with Crippen molar-refractivity contribution in [2.75, 3.05) is 0 Å². The molecule has 1 heterocycles. The predicted molar refractivity (Wildman–Crippen MR) is 38.6 cm³/mol. The summed E-state index contributed by atoms with van der Waals surface area (Å²) in [6, 6.07) is 0.341. The predicted octanol–water partition coefficient (Wildman–Crippen LogP) is 0.226. The van der Waals surface area contributed by atoms with Crippen molar-refractivity contribution >= 4 is 0 Å². The van der Waals surface area contributed by atoms with Crippen molar-refractivity contribution in [1.82, 2.24) is 10.2 Å². The summed E-state index contributed by atoms with van der Waals surface area (Å²) in [6.07, 6.45) is 5.07. The van der Waals surface area contributed by atoms with Crippen molar-refractivity contribution in [3.63, 3.8) is 0 Å². The molecule has 0 spiro atoms. The quantitative estimate of drug-likeness (QED) is 0.537. The molecule has 1 aromatic rings. The third-order valence-electron chi connectivity index (χ3n) is 2.06. The molecule has 3 heteroatoms. The molecule has 2 rings (SSSR count). The zero-order valence-corrected chi connectivity index (χ0v) is 5.80. The highest BCUT2D eigenvalue weighted by atomic mass is 15.1. The summed E-state index contributed by atoms with van der Waals surface area (Å²) >= 11 is 0. The highest BCUT2D eigenvalue weighted by Crippen LogP contribution is 2.16. The summed E-state index contributed by atoms with van der Waals surface area (Å²) in [5.74, 6) is 0. The first-order chi connectivity index (χ1) is 4.86. The SMILES string of the molecule is N[C@H]1CCc2cn[nH]c2C1. The highest BCUT2D eigenvalue weighted by molar-refractivity contribution is 5.20. The van der Waals surface area contributed by atoms with Gasteiger partial charge in [-0.2, -0.15) is 5.10 Å². The van der Waals surface area contributed by atoms with E-state index in [9.17, 15) is 0 Å². The van der Waals surface area contributed by atoms with Gasteiger partial charge in [0.1, 0.15) is 0 Å². The number of hydrogen-bond donors (Lipinski definition) is 2. The fourth-order valence-corrected chi connectivity index (χ4v) is 1.44. The van der Waals surface area contributed by atoms with Gasteiger partial charge in [-0.1, -0.05) is 0 Å². The number of hydrogen-bond acceptors (Lipinski definition) is 2. The van der Waals surface area contributed by atoms with E-state index in [1.54, 1.807) is 0 Å². The Hall–Kier alpha value is -0.830. The normalized spacial score (nSPS) is 24.3. The van der Waals surface area contributed by atoms with Crippen LogP contribution < -0.4 is 5.73 Å². The number of aryl methyl sites for hydroxylation is 1. The van der Waals surface area contributed by atoms with Crippen molar-refractivity contribution in [3.05, 3.63) is 17.5 Å². The van der Waals surface area contributed by atoms with Gasteiger partial charge in [-0.3, -0.25) is 5.10 Å². The second-order valence-electron chi connectivity index (χ2n) is 2.88. The maximum Gasteiger partial charge on any atom is 0.0522 e. The lowest BCUT2D eigenvalue weighted by Gasteiger charge is -2.16. The van der Waals surface area contributed by atoms with Crippen LogP contribution in [0.4, 0.5) is 0 Å². The molecule has 0 amide bonds. The Bertz CT molecular complexity index is 229. The second kappa shape index (κ2) is 2.09. The van der Waals surface area contributed by atoms with Crippen LogP contribution in [-0.4, -0.2) is 16.2 Å². The lowest BCUT2D eigenvalue weighted by molar-refractivity contribution is 0.569. The Morgan fingerprint density at radius 1 is 1.70 bits per heavy atom. The second-order valence-corrected chi connectivity index (χ2v) is 2.88. The topological polar surface area (TPSA) is 54.7 Å². The average Bonchev–Trinajstić information content (AvgIpc) is 2.33. The Balaban J connectivity index is 2.30. The number of aromatic nitrogens is 2. The van der Waals surface area contributed by atoms with Crippen molar-refractivity contribution in [2.45, 2.75) is 25.3 Å². The third kappa shape index (κ3) is 0.827. The van der Waals surface area contributed by atoms with E-state index in [4.69, 9.17) is 5.73 Å². The van der Waals surface area contributed by atoms with Gasteiger partial charge in [-0.05, 0) is 18.4 Å². The van der Waals surface area contributed by atoms with Gasteiger partial charge in [0.05, 0.1) is 6.20 Å². The molecule has 54 valence electrons. The molecule has 1 aromatic heterocycles. The fraction of sp³-hybridized carbons (Fsp3) is 0.571. The van der Waals surface area contributed by atoms with Gasteiger partial charge >= 0.3 is 0 Å². The van der Waals surface area contributed by atoms with Crippen LogP contribution in [0, 0.1) is 0 Å². The molecule has 0 saturated heterocycles. The number of H-pyrrole nitrogens is 1. The molecule has 0 unspecified atom stereocenters. The van der Waals surface area contributed by atoms with Crippen LogP contribution in [0.1, 0.15) is 17.7 Å². The molecule has 3 N–H and O–H groups in total. The molecule has 10 heavy (non-hydrogen) atoms. The fourth-order valence-electron chi connectivity index (χ4n) is 1.44. The van der Waals surface area contributed by atoms with Crippen molar-refractivity contribution in [3.8, 4) is 0 Å². The molecule has 0 saturated carbocycles. The minimum atomic E-state index is 0.341. The summed E-state index contributed by atoms with van der Waals surface area (Å²) in [4.78, 5) is 0. The van der Waals surface area contributed by atoms with E-state index in [1.807, 2.05) is 6.20 Å². The van der Waals surface area contributed by atoms with Crippen molar-refractivity contribution in [1.29, 1.82) is 0 Å². The third-order valence-corrected chi connectivity index (χ3v) is 2.06. The number of nitrogens with zero attached hydrogens (tertiary/aromatic N) is 1.